The zero-order valence-electron chi connectivity index (χ0n) is 13.9. The summed E-state index contributed by atoms with van der Waals surface area (Å²) in [5.41, 5.74) is 1.33. The van der Waals surface area contributed by atoms with Crippen LogP contribution < -0.4 is 10.1 Å². The first-order chi connectivity index (χ1) is 10.1. The highest BCUT2D eigenvalue weighted by molar-refractivity contribution is 5.29. The van der Waals surface area contributed by atoms with Gasteiger partial charge in [-0.15, -0.1) is 0 Å². The van der Waals surface area contributed by atoms with Crippen molar-refractivity contribution < 1.29 is 4.74 Å². The molecule has 2 rings (SSSR count). The van der Waals surface area contributed by atoms with E-state index in [0.717, 1.165) is 37.2 Å². The van der Waals surface area contributed by atoms with Gasteiger partial charge in [-0.2, -0.15) is 0 Å². The molecule has 0 saturated heterocycles. The lowest BCUT2D eigenvalue weighted by Gasteiger charge is -2.24. The lowest BCUT2D eigenvalue weighted by Crippen LogP contribution is -2.32. The zero-order valence-corrected chi connectivity index (χ0v) is 13.9. The Labute approximate surface area is 129 Å². The lowest BCUT2D eigenvalue weighted by molar-refractivity contribution is 0.281. The standard InChI is InChI=1S/C18H30N2O/c1-5-10-21-17-8-6-15(7-9-17)18(19-3)13-20(4)12-16-11-14(16)2/h6-9,14,16,18-19H,5,10-13H2,1-4H3. The van der Waals surface area contributed by atoms with E-state index >= 15 is 0 Å². The number of nitrogens with one attached hydrogen (secondary N) is 1. The smallest absolute Gasteiger partial charge is 0.119 e. The van der Waals surface area contributed by atoms with Gasteiger partial charge in [0.25, 0.3) is 0 Å². The normalized spacial score (nSPS) is 22.3. The molecule has 0 heterocycles. The molecule has 0 aliphatic heterocycles. The van der Waals surface area contributed by atoms with Gasteiger partial charge in [-0.1, -0.05) is 26.0 Å². The molecule has 3 atom stereocenters. The Morgan fingerprint density at radius 1 is 1.33 bits per heavy atom. The Morgan fingerprint density at radius 2 is 2.00 bits per heavy atom. The summed E-state index contributed by atoms with van der Waals surface area (Å²) in [6.45, 7) is 7.54. The minimum absolute atomic E-state index is 0.379. The van der Waals surface area contributed by atoms with Crippen molar-refractivity contribution in [1.29, 1.82) is 0 Å². The van der Waals surface area contributed by atoms with E-state index in [-0.39, 0.29) is 0 Å². The number of likely N-dealkylation sites (N-methyl/N-ethyl adjacent to an activating group) is 2. The second-order valence-corrected chi connectivity index (χ2v) is 6.45. The fourth-order valence-electron chi connectivity index (χ4n) is 2.82. The maximum absolute atomic E-state index is 5.65. The van der Waals surface area contributed by atoms with Crippen LogP contribution in [0.4, 0.5) is 0 Å². The highest BCUT2D eigenvalue weighted by Gasteiger charge is 2.33. The highest BCUT2D eigenvalue weighted by atomic mass is 16.5. The predicted molar refractivity (Wildman–Crippen MR) is 88.8 cm³/mol. The summed E-state index contributed by atoms with van der Waals surface area (Å²) in [6.07, 6.45) is 2.45. The maximum atomic E-state index is 5.65. The van der Waals surface area contributed by atoms with Crippen molar-refractivity contribution in [2.24, 2.45) is 11.8 Å². The zero-order chi connectivity index (χ0) is 15.2. The molecule has 3 nitrogen and oxygen atoms in total. The molecule has 1 aromatic carbocycles. The first-order valence-electron chi connectivity index (χ1n) is 8.22. The third kappa shape index (κ3) is 5.01. The largest absolute Gasteiger partial charge is 0.494 e. The summed E-state index contributed by atoms with van der Waals surface area (Å²) < 4.78 is 5.65. The fourth-order valence-corrected chi connectivity index (χ4v) is 2.82. The molecular weight excluding hydrogens is 260 g/mol. The van der Waals surface area contributed by atoms with Gasteiger partial charge in [0, 0.05) is 19.1 Å². The molecule has 0 aromatic heterocycles. The summed E-state index contributed by atoms with van der Waals surface area (Å²) in [5, 5.41) is 3.43. The lowest BCUT2D eigenvalue weighted by atomic mass is 10.1. The van der Waals surface area contributed by atoms with Crippen LogP contribution in [0.1, 0.15) is 38.3 Å². The van der Waals surface area contributed by atoms with E-state index in [9.17, 15) is 0 Å². The Bertz CT molecular complexity index is 418. The van der Waals surface area contributed by atoms with Gasteiger partial charge < -0.3 is 15.0 Å². The molecular formula is C18H30N2O. The molecule has 3 heteroatoms. The van der Waals surface area contributed by atoms with Crippen LogP contribution in [0.2, 0.25) is 0 Å². The number of hydrogen-bond acceptors (Lipinski definition) is 3. The highest BCUT2D eigenvalue weighted by Crippen LogP contribution is 2.38. The Balaban J connectivity index is 1.87. The van der Waals surface area contributed by atoms with Crippen molar-refractivity contribution in [3.05, 3.63) is 29.8 Å². The Kier molecular flexibility index (Phi) is 6.07. The van der Waals surface area contributed by atoms with Crippen LogP contribution in [0.15, 0.2) is 24.3 Å². The molecule has 0 amide bonds. The van der Waals surface area contributed by atoms with E-state index in [0.29, 0.717) is 6.04 Å². The van der Waals surface area contributed by atoms with Gasteiger partial charge in [0.15, 0.2) is 0 Å². The van der Waals surface area contributed by atoms with Gasteiger partial charge in [-0.25, -0.2) is 0 Å². The second kappa shape index (κ2) is 7.81. The fraction of sp³-hybridized carbons (Fsp3) is 0.667. The third-order valence-corrected chi connectivity index (χ3v) is 4.42. The SMILES string of the molecule is CCCOc1ccc(C(CN(C)CC2CC2C)NC)cc1. The molecule has 1 aromatic rings. The first kappa shape index (κ1) is 16.3. The molecule has 0 radical (unpaired) electrons. The van der Waals surface area contributed by atoms with Crippen LogP contribution in [-0.4, -0.2) is 38.7 Å². The summed E-state index contributed by atoms with van der Waals surface area (Å²) in [7, 11) is 4.27. The van der Waals surface area contributed by atoms with Crippen LogP contribution in [-0.2, 0) is 0 Å². The Hall–Kier alpha value is -1.06. The summed E-state index contributed by atoms with van der Waals surface area (Å²) in [5.74, 6) is 2.81. The third-order valence-electron chi connectivity index (χ3n) is 4.42. The predicted octanol–water partition coefficient (Wildman–Crippen LogP) is 3.32. The van der Waals surface area contributed by atoms with Crippen molar-refractivity contribution in [1.82, 2.24) is 10.2 Å². The average molecular weight is 290 g/mol. The minimum atomic E-state index is 0.379. The van der Waals surface area contributed by atoms with Crippen molar-refractivity contribution in [2.75, 3.05) is 33.8 Å². The molecule has 3 unspecified atom stereocenters. The van der Waals surface area contributed by atoms with Crippen LogP contribution in [0.25, 0.3) is 0 Å². The van der Waals surface area contributed by atoms with E-state index in [4.69, 9.17) is 4.74 Å². The maximum Gasteiger partial charge on any atom is 0.119 e. The average Bonchev–Trinajstić information content (AvgIpc) is 3.18. The molecule has 0 bridgehead atoms. The minimum Gasteiger partial charge on any atom is -0.494 e. The second-order valence-electron chi connectivity index (χ2n) is 6.45. The number of nitrogens with zero attached hydrogens (tertiary/aromatic N) is 1. The Morgan fingerprint density at radius 3 is 2.52 bits per heavy atom. The molecule has 1 aliphatic rings. The number of benzene rings is 1. The quantitative estimate of drug-likeness (QED) is 0.755. The van der Waals surface area contributed by atoms with Crippen molar-refractivity contribution in [3.63, 3.8) is 0 Å². The number of rotatable bonds is 9. The van der Waals surface area contributed by atoms with E-state index < -0.39 is 0 Å². The van der Waals surface area contributed by atoms with Gasteiger partial charge in [-0.05, 0) is 56.5 Å². The van der Waals surface area contributed by atoms with Crippen LogP contribution in [0.3, 0.4) is 0 Å². The molecule has 21 heavy (non-hydrogen) atoms. The summed E-state index contributed by atoms with van der Waals surface area (Å²) >= 11 is 0. The van der Waals surface area contributed by atoms with Gasteiger partial charge in [0.05, 0.1) is 6.61 Å². The molecule has 1 saturated carbocycles. The first-order valence-corrected chi connectivity index (χ1v) is 8.22. The van der Waals surface area contributed by atoms with Crippen LogP contribution in [0.5, 0.6) is 5.75 Å². The topological polar surface area (TPSA) is 24.5 Å². The molecule has 0 spiro atoms. The summed E-state index contributed by atoms with van der Waals surface area (Å²) in [6, 6.07) is 8.90. The number of hydrogen-bond donors (Lipinski definition) is 1. The van der Waals surface area contributed by atoms with E-state index in [1.54, 1.807) is 0 Å². The van der Waals surface area contributed by atoms with Crippen LogP contribution >= 0.6 is 0 Å². The van der Waals surface area contributed by atoms with Crippen LogP contribution in [0, 0.1) is 11.8 Å². The molecule has 1 N–H and O–H groups in total. The van der Waals surface area contributed by atoms with Gasteiger partial charge >= 0.3 is 0 Å². The molecule has 1 aliphatic carbocycles. The van der Waals surface area contributed by atoms with Crippen molar-refractivity contribution in [3.8, 4) is 5.75 Å². The molecule has 1 fully saturated rings. The van der Waals surface area contributed by atoms with Gasteiger partial charge in [0.2, 0.25) is 0 Å². The number of ether oxygens (including phenoxy) is 1. The summed E-state index contributed by atoms with van der Waals surface area (Å²) in [4.78, 5) is 2.46. The van der Waals surface area contributed by atoms with E-state index in [1.807, 2.05) is 7.05 Å². The van der Waals surface area contributed by atoms with Gasteiger partial charge in [-0.3, -0.25) is 0 Å². The van der Waals surface area contributed by atoms with E-state index in [1.165, 1.54) is 18.5 Å². The van der Waals surface area contributed by atoms with Crippen molar-refractivity contribution in [2.45, 2.75) is 32.7 Å². The van der Waals surface area contributed by atoms with Gasteiger partial charge in [0.1, 0.15) is 5.75 Å². The van der Waals surface area contributed by atoms with Crippen molar-refractivity contribution >= 4 is 0 Å². The molecule has 118 valence electrons. The van der Waals surface area contributed by atoms with E-state index in [2.05, 4.69) is 55.4 Å². The monoisotopic (exact) mass is 290 g/mol.